The number of hydrogen-bond acceptors (Lipinski definition) is 5. The summed E-state index contributed by atoms with van der Waals surface area (Å²) in [5.74, 6) is 0.160. The maximum absolute atomic E-state index is 12.9. The van der Waals surface area contributed by atoms with Crippen LogP contribution >= 0.6 is 0 Å². The zero-order valence-electron chi connectivity index (χ0n) is 16.9. The van der Waals surface area contributed by atoms with Gasteiger partial charge in [-0.2, -0.15) is 0 Å². The van der Waals surface area contributed by atoms with Gasteiger partial charge < -0.3 is 14.2 Å². The second kappa shape index (κ2) is 6.56. The van der Waals surface area contributed by atoms with E-state index < -0.39 is 11.7 Å². The minimum absolute atomic E-state index is 0.0346. The molecule has 148 valence electrons. The maximum atomic E-state index is 12.9. The maximum Gasteiger partial charge on any atom is 0.303 e. The van der Waals surface area contributed by atoms with E-state index in [-0.39, 0.29) is 47.6 Å². The molecule has 4 rings (SSSR count). The molecule has 0 N–H and O–H groups in total. The number of esters is 1. The van der Waals surface area contributed by atoms with E-state index in [0.717, 1.165) is 12.0 Å². The van der Waals surface area contributed by atoms with Gasteiger partial charge in [-0.1, -0.05) is 24.1 Å². The van der Waals surface area contributed by atoms with Crippen molar-refractivity contribution in [3.8, 4) is 0 Å². The molecule has 0 saturated carbocycles. The van der Waals surface area contributed by atoms with Crippen LogP contribution in [0.3, 0.4) is 0 Å². The lowest BCUT2D eigenvalue weighted by molar-refractivity contribution is -0.200. The van der Waals surface area contributed by atoms with Gasteiger partial charge >= 0.3 is 5.97 Å². The smallest absolute Gasteiger partial charge is 0.303 e. The van der Waals surface area contributed by atoms with Crippen LogP contribution in [-0.4, -0.2) is 42.3 Å². The van der Waals surface area contributed by atoms with E-state index in [0.29, 0.717) is 13.0 Å². The molecule has 4 aliphatic rings. The van der Waals surface area contributed by atoms with Gasteiger partial charge in [-0.15, -0.1) is 0 Å². The molecule has 0 aromatic carbocycles. The lowest BCUT2D eigenvalue weighted by Gasteiger charge is -2.42. The zero-order valence-corrected chi connectivity index (χ0v) is 16.9. The fourth-order valence-electron chi connectivity index (χ4n) is 5.85. The summed E-state index contributed by atoms with van der Waals surface area (Å²) < 4.78 is 18.8. The van der Waals surface area contributed by atoms with Crippen LogP contribution in [0.25, 0.3) is 0 Å². The normalized spacial score (nSPS) is 48.3. The number of carbonyl (C=O) groups is 2. The average Bonchev–Trinajstić information content (AvgIpc) is 2.92. The van der Waals surface area contributed by atoms with Crippen LogP contribution in [0.1, 0.15) is 47.5 Å². The molecular formula is C22H30O5. The Bertz CT molecular complexity index is 722. The van der Waals surface area contributed by atoms with Gasteiger partial charge in [-0.3, -0.25) is 9.59 Å². The molecule has 3 heterocycles. The predicted molar refractivity (Wildman–Crippen MR) is 100.0 cm³/mol. The fraction of sp³-hybridized carbons (Fsp3) is 0.727. The van der Waals surface area contributed by atoms with Crippen LogP contribution in [0, 0.1) is 23.7 Å². The summed E-state index contributed by atoms with van der Waals surface area (Å²) in [4.78, 5) is 24.8. The van der Waals surface area contributed by atoms with Crippen molar-refractivity contribution < 1.29 is 23.8 Å². The molecule has 5 nitrogen and oxygen atoms in total. The molecule has 0 amide bonds. The van der Waals surface area contributed by atoms with E-state index in [2.05, 4.69) is 26.8 Å². The van der Waals surface area contributed by atoms with Gasteiger partial charge in [-0.05, 0) is 39.2 Å². The molecule has 27 heavy (non-hydrogen) atoms. The molecule has 2 bridgehead atoms. The van der Waals surface area contributed by atoms with E-state index >= 15 is 0 Å². The van der Waals surface area contributed by atoms with Crippen molar-refractivity contribution in [3.63, 3.8) is 0 Å². The predicted octanol–water partition coefficient (Wildman–Crippen LogP) is 3.23. The van der Waals surface area contributed by atoms with E-state index in [9.17, 15) is 9.59 Å². The van der Waals surface area contributed by atoms with Crippen LogP contribution in [0.4, 0.5) is 0 Å². The van der Waals surface area contributed by atoms with Gasteiger partial charge in [-0.25, -0.2) is 0 Å². The van der Waals surface area contributed by atoms with E-state index in [1.807, 2.05) is 13.0 Å². The quantitative estimate of drug-likeness (QED) is 0.521. The minimum Gasteiger partial charge on any atom is -0.459 e. The first-order chi connectivity index (χ1) is 12.7. The van der Waals surface area contributed by atoms with Crippen LogP contribution in [0.5, 0.6) is 0 Å². The molecular weight excluding hydrogens is 344 g/mol. The first kappa shape index (κ1) is 18.9. The van der Waals surface area contributed by atoms with Crippen molar-refractivity contribution in [2.45, 2.75) is 71.4 Å². The van der Waals surface area contributed by atoms with Gasteiger partial charge in [0.2, 0.25) is 0 Å². The third-order valence-corrected chi connectivity index (χ3v) is 7.11. The number of hydrogen-bond donors (Lipinski definition) is 0. The van der Waals surface area contributed by atoms with Gasteiger partial charge in [0.1, 0.15) is 11.7 Å². The van der Waals surface area contributed by atoms with Crippen molar-refractivity contribution in [3.05, 3.63) is 23.3 Å². The lowest BCUT2D eigenvalue weighted by Crippen LogP contribution is -2.56. The summed E-state index contributed by atoms with van der Waals surface area (Å²) in [6.07, 6.45) is 4.76. The van der Waals surface area contributed by atoms with Crippen LogP contribution < -0.4 is 0 Å². The molecule has 3 aliphatic heterocycles. The number of fused-ring (bicyclic) bond motifs is 2. The lowest BCUT2D eigenvalue weighted by atomic mass is 9.62. The summed E-state index contributed by atoms with van der Waals surface area (Å²) in [5, 5.41) is 0. The summed E-state index contributed by atoms with van der Waals surface area (Å²) in [6.45, 7) is 10.2. The van der Waals surface area contributed by atoms with Gasteiger partial charge in [0.15, 0.2) is 5.78 Å². The monoisotopic (exact) mass is 374 g/mol. The molecule has 8 atom stereocenters. The molecule has 5 heteroatoms. The van der Waals surface area contributed by atoms with Gasteiger partial charge in [0, 0.05) is 31.1 Å². The topological polar surface area (TPSA) is 61.8 Å². The highest BCUT2D eigenvalue weighted by Crippen LogP contribution is 2.55. The number of ketones is 1. The highest BCUT2D eigenvalue weighted by atomic mass is 16.6. The van der Waals surface area contributed by atoms with Crippen LogP contribution in [-0.2, 0) is 23.8 Å². The zero-order chi connectivity index (χ0) is 19.5. The number of ether oxygens (including phenoxy) is 3. The van der Waals surface area contributed by atoms with Gasteiger partial charge in [0.25, 0.3) is 0 Å². The molecule has 2 unspecified atom stereocenters. The van der Waals surface area contributed by atoms with Crippen molar-refractivity contribution in [2.24, 2.45) is 23.7 Å². The standard InChI is InChI=1S/C22H30O5/c1-11-6-7-17(26-14(4)23)22(5)21-20-18(13(3)10-25-22)15(24)9-12(2)19(20)16(8-11)27-21/h6,9,13,16-21H,7-8,10H2,1-5H3/b11-6-/t13-,16?,17+,18-,19-,20-,21?,22-/m0/s1. The number of carbonyl (C=O) groups excluding carboxylic acids is 2. The highest BCUT2D eigenvalue weighted by Gasteiger charge is 2.63. The summed E-state index contributed by atoms with van der Waals surface area (Å²) in [6, 6.07) is 0. The summed E-state index contributed by atoms with van der Waals surface area (Å²) >= 11 is 0. The molecule has 0 radical (unpaired) electrons. The number of allylic oxidation sites excluding steroid dienone is 1. The Labute approximate surface area is 161 Å². The molecule has 2 fully saturated rings. The SMILES string of the molecule is CC(=O)O[C@@H]1C/C=C(/C)CC2OC3[C@H]4[C@H](C(=O)C=C(C)[C@@H]24)[C@@H](C)CO[C@]31C. The Hall–Kier alpha value is -1.46. The molecule has 1 aliphatic carbocycles. The largest absolute Gasteiger partial charge is 0.459 e. The average molecular weight is 374 g/mol. The second-order valence-electron chi connectivity index (χ2n) is 9.08. The third kappa shape index (κ3) is 2.90. The van der Waals surface area contributed by atoms with Crippen LogP contribution in [0.2, 0.25) is 0 Å². The Morgan fingerprint density at radius 1 is 1.30 bits per heavy atom. The second-order valence-corrected chi connectivity index (χ2v) is 9.08. The van der Waals surface area contributed by atoms with Crippen molar-refractivity contribution >= 4 is 11.8 Å². The highest BCUT2D eigenvalue weighted by molar-refractivity contribution is 5.94. The van der Waals surface area contributed by atoms with E-state index in [4.69, 9.17) is 14.2 Å². The van der Waals surface area contributed by atoms with Gasteiger partial charge in [0.05, 0.1) is 18.8 Å². The molecule has 0 spiro atoms. The molecule has 0 aromatic heterocycles. The van der Waals surface area contributed by atoms with Crippen molar-refractivity contribution in [2.75, 3.05) is 6.61 Å². The third-order valence-electron chi connectivity index (χ3n) is 7.11. The fourth-order valence-corrected chi connectivity index (χ4v) is 5.85. The van der Waals surface area contributed by atoms with Crippen LogP contribution in [0.15, 0.2) is 23.3 Å². The Balaban J connectivity index is 1.87. The van der Waals surface area contributed by atoms with Crippen molar-refractivity contribution in [1.29, 1.82) is 0 Å². The van der Waals surface area contributed by atoms with E-state index in [1.165, 1.54) is 12.5 Å². The summed E-state index contributed by atoms with van der Waals surface area (Å²) in [5.41, 5.74) is 1.57. The first-order valence-corrected chi connectivity index (χ1v) is 10.1. The molecule has 2 saturated heterocycles. The molecule has 0 aromatic rings. The summed E-state index contributed by atoms with van der Waals surface area (Å²) in [7, 11) is 0. The Morgan fingerprint density at radius 3 is 2.74 bits per heavy atom. The van der Waals surface area contributed by atoms with Crippen molar-refractivity contribution in [1.82, 2.24) is 0 Å². The Kier molecular flexibility index (Phi) is 4.59. The Morgan fingerprint density at radius 2 is 2.04 bits per heavy atom. The minimum atomic E-state index is -0.772. The first-order valence-electron chi connectivity index (χ1n) is 10.1. The van der Waals surface area contributed by atoms with E-state index in [1.54, 1.807) is 0 Å². The number of rotatable bonds is 1.